The van der Waals surface area contributed by atoms with Gasteiger partial charge in [-0.25, -0.2) is 0 Å². The fourth-order valence-corrected chi connectivity index (χ4v) is 1.64. The van der Waals surface area contributed by atoms with Crippen molar-refractivity contribution in [3.05, 3.63) is 0 Å². The Kier molecular flexibility index (Phi) is 3.16. The molecule has 1 heterocycles. The van der Waals surface area contributed by atoms with Gasteiger partial charge in [0.1, 0.15) is 0 Å². The smallest absolute Gasteiger partial charge is 0.0502 e. The number of nitrogens with zero attached hydrogens (tertiary/aromatic N) is 1. The molecule has 1 rings (SSSR count). The molecule has 0 saturated carbocycles. The molecule has 60 valence electrons. The number of hydrogen-bond acceptors (Lipinski definition) is 2. The molecule has 1 atom stereocenters. The molecule has 0 aliphatic carbocycles. The van der Waals surface area contributed by atoms with Gasteiger partial charge in [-0.05, 0) is 32.4 Å². The standard InChI is InChI=1S/C8H17NO/c1-9-5-3-4-8(6-9)7-10-2/h8H,3-7H2,1-2H3/t8-/m1/s1. The highest BCUT2D eigenvalue weighted by Gasteiger charge is 2.15. The molecular formula is C8H17NO. The van der Waals surface area contributed by atoms with Crippen molar-refractivity contribution in [3.63, 3.8) is 0 Å². The third-order valence-corrected chi connectivity index (χ3v) is 2.12. The lowest BCUT2D eigenvalue weighted by Crippen LogP contribution is -2.33. The molecule has 0 unspecified atom stereocenters. The molecule has 1 saturated heterocycles. The Bertz CT molecular complexity index is 93.3. The zero-order valence-corrected chi connectivity index (χ0v) is 6.97. The fourth-order valence-electron chi connectivity index (χ4n) is 1.64. The van der Waals surface area contributed by atoms with Crippen LogP contribution in [0.3, 0.4) is 0 Å². The first kappa shape index (κ1) is 8.02. The molecule has 0 spiro atoms. The monoisotopic (exact) mass is 143 g/mol. The van der Waals surface area contributed by atoms with Crippen LogP contribution in [0.25, 0.3) is 0 Å². The van der Waals surface area contributed by atoms with Crippen LogP contribution < -0.4 is 0 Å². The molecule has 2 heteroatoms. The van der Waals surface area contributed by atoms with Gasteiger partial charge in [0.2, 0.25) is 0 Å². The summed E-state index contributed by atoms with van der Waals surface area (Å²) >= 11 is 0. The Morgan fingerprint density at radius 3 is 3.00 bits per heavy atom. The molecule has 10 heavy (non-hydrogen) atoms. The Hall–Kier alpha value is -0.0800. The van der Waals surface area contributed by atoms with Crippen molar-refractivity contribution in [1.82, 2.24) is 4.90 Å². The molecule has 0 aromatic carbocycles. The SMILES string of the molecule is COC[C@@H]1CCCN(C)C1. The van der Waals surface area contributed by atoms with Crippen molar-refractivity contribution in [2.45, 2.75) is 12.8 Å². The quantitative estimate of drug-likeness (QED) is 0.571. The highest BCUT2D eigenvalue weighted by Crippen LogP contribution is 2.14. The Labute approximate surface area is 63.2 Å². The molecule has 1 fully saturated rings. The van der Waals surface area contributed by atoms with Crippen LogP contribution in [-0.2, 0) is 4.74 Å². The van der Waals surface area contributed by atoms with E-state index in [0.29, 0.717) is 0 Å². The van der Waals surface area contributed by atoms with E-state index in [0.717, 1.165) is 12.5 Å². The zero-order valence-electron chi connectivity index (χ0n) is 6.97. The second-order valence-corrected chi connectivity index (χ2v) is 3.23. The highest BCUT2D eigenvalue weighted by atomic mass is 16.5. The molecule has 0 amide bonds. The topological polar surface area (TPSA) is 12.5 Å². The molecule has 0 aromatic rings. The highest BCUT2D eigenvalue weighted by molar-refractivity contribution is 4.69. The normalized spacial score (nSPS) is 28.8. The first-order valence-corrected chi connectivity index (χ1v) is 4.00. The van der Waals surface area contributed by atoms with Gasteiger partial charge in [-0.3, -0.25) is 0 Å². The summed E-state index contributed by atoms with van der Waals surface area (Å²) in [5.41, 5.74) is 0. The first-order valence-electron chi connectivity index (χ1n) is 4.00. The number of likely N-dealkylation sites (tertiary alicyclic amines) is 1. The molecule has 2 nitrogen and oxygen atoms in total. The summed E-state index contributed by atoms with van der Waals surface area (Å²) in [6, 6.07) is 0. The largest absolute Gasteiger partial charge is 0.384 e. The van der Waals surface area contributed by atoms with E-state index < -0.39 is 0 Å². The van der Waals surface area contributed by atoms with Crippen molar-refractivity contribution >= 4 is 0 Å². The molecule has 0 N–H and O–H groups in total. The average Bonchev–Trinajstić information content (AvgIpc) is 1.88. The minimum Gasteiger partial charge on any atom is -0.384 e. The average molecular weight is 143 g/mol. The summed E-state index contributed by atoms with van der Waals surface area (Å²) in [6.45, 7) is 3.42. The van der Waals surface area contributed by atoms with E-state index in [2.05, 4.69) is 11.9 Å². The van der Waals surface area contributed by atoms with Crippen LogP contribution in [0, 0.1) is 5.92 Å². The van der Waals surface area contributed by atoms with Crippen molar-refractivity contribution in [2.24, 2.45) is 5.92 Å². The van der Waals surface area contributed by atoms with Gasteiger partial charge in [0.05, 0.1) is 6.61 Å². The Balaban J connectivity index is 2.18. The van der Waals surface area contributed by atoms with Crippen molar-refractivity contribution in [3.8, 4) is 0 Å². The Morgan fingerprint density at radius 2 is 2.40 bits per heavy atom. The van der Waals surface area contributed by atoms with E-state index in [1.807, 2.05) is 0 Å². The zero-order chi connectivity index (χ0) is 7.40. The summed E-state index contributed by atoms with van der Waals surface area (Å²) in [4.78, 5) is 2.38. The number of piperidine rings is 1. The molecular weight excluding hydrogens is 126 g/mol. The van der Waals surface area contributed by atoms with E-state index >= 15 is 0 Å². The maximum absolute atomic E-state index is 5.10. The van der Waals surface area contributed by atoms with E-state index in [4.69, 9.17) is 4.74 Å². The number of hydrogen-bond donors (Lipinski definition) is 0. The number of methoxy groups -OCH3 is 1. The van der Waals surface area contributed by atoms with Gasteiger partial charge in [0, 0.05) is 13.7 Å². The lowest BCUT2D eigenvalue weighted by molar-refractivity contribution is 0.102. The maximum atomic E-state index is 5.10. The summed E-state index contributed by atoms with van der Waals surface area (Å²) in [5.74, 6) is 0.781. The van der Waals surface area contributed by atoms with E-state index in [-0.39, 0.29) is 0 Å². The maximum Gasteiger partial charge on any atom is 0.0502 e. The molecule has 1 aliphatic heterocycles. The molecule has 1 aliphatic rings. The van der Waals surface area contributed by atoms with Crippen LogP contribution >= 0.6 is 0 Å². The third kappa shape index (κ3) is 2.27. The van der Waals surface area contributed by atoms with Gasteiger partial charge in [0.15, 0.2) is 0 Å². The summed E-state index contributed by atoms with van der Waals surface area (Å²) < 4.78 is 5.10. The van der Waals surface area contributed by atoms with Crippen molar-refractivity contribution in [1.29, 1.82) is 0 Å². The molecule has 0 aromatic heterocycles. The summed E-state index contributed by atoms with van der Waals surface area (Å²) in [6.07, 6.45) is 2.68. The van der Waals surface area contributed by atoms with E-state index in [9.17, 15) is 0 Å². The first-order chi connectivity index (χ1) is 4.83. The third-order valence-electron chi connectivity index (χ3n) is 2.12. The summed E-state index contributed by atoms with van der Waals surface area (Å²) in [5, 5.41) is 0. The minimum atomic E-state index is 0.781. The van der Waals surface area contributed by atoms with Crippen LogP contribution in [0.15, 0.2) is 0 Å². The second kappa shape index (κ2) is 3.94. The summed E-state index contributed by atoms with van der Waals surface area (Å²) in [7, 11) is 3.97. The molecule has 0 radical (unpaired) electrons. The Morgan fingerprint density at radius 1 is 1.60 bits per heavy atom. The van der Waals surface area contributed by atoms with Crippen LogP contribution in [0.2, 0.25) is 0 Å². The van der Waals surface area contributed by atoms with E-state index in [1.54, 1.807) is 7.11 Å². The van der Waals surface area contributed by atoms with Crippen LogP contribution in [0.5, 0.6) is 0 Å². The number of rotatable bonds is 2. The van der Waals surface area contributed by atoms with Crippen molar-refractivity contribution in [2.75, 3.05) is 33.9 Å². The van der Waals surface area contributed by atoms with Crippen LogP contribution in [0.1, 0.15) is 12.8 Å². The van der Waals surface area contributed by atoms with Crippen molar-refractivity contribution < 1.29 is 4.74 Å². The fraction of sp³-hybridized carbons (Fsp3) is 1.00. The lowest BCUT2D eigenvalue weighted by Gasteiger charge is -2.28. The van der Waals surface area contributed by atoms with Crippen LogP contribution in [-0.4, -0.2) is 38.8 Å². The van der Waals surface area contributed by atoms with Gasteiger partial charge >= 0.3 is 0 Å². The second-order valence-electron chi connectivity index (χ2n) is 3.23. The van der Waals surface area contributed by atoms with Crippen LogP contribution in [0.4, 0.5) is 0 Å². The lowest BCUT2D eigenvalue weighted by atomic mass is 10.00. The van der Waals surface area contributed by atoms with Gasteiger partial charge in [0.25, 0.3) is 0 Å². The van der Waals surface area contributed by atoms with Gasteiger partial charge < -0.3 is 9.64 Å². The minimum absolute atomic E-state index is 0.781. The van der Waals surface area contributed by atoms with E-state index in [1.165, 1.54) is 25.9 Å². The number of ether oxygens (including phenoxy) is 1. The van der Waals surface area contributed by atoms with Gasteiger partial charge in [-0.15, -0.1) is 0 Å². The van der Waals surface area contributed by atoms with Gasteiger partial charge in [-0.1, -0.05) is 0 Å². The molecule has 0 bridgehead atoms. The predicted octanol–water partition coefficient (Wildman–Crippen LogP) is 0.975. The predicted molar refractivity (Wildman–Crippen MR) is 42.1 cm³/mol. The van der Waals surface area contributed by atoms with Gasteiger partial charge in [-0.2, -0.15) is 0 Å².